The van der Waals surface area contributed by atoms with E-state index in [-0.39, 0.29) is 5.82 Å². The molecule has 0 aliphatic heterocycles. The van der Waals surface area contributed by atoms with Gasteiger partial charge in [0.1, 0.15) is 11.5 Å². The first-order chi connectivity index (χ1) is 21.9. The van der Waals surface area contributed by atoms with E-state index in [0.717, 1.165) is 74.8 Å². The third kappa shape index (κ3) is 7.07. The smallest absolute Gasteiger partial charge is 0.159 e. The first kappa shape index (κ1) is 30.5. The van der Waals surface area contributed by atoms with Crippen molar-refractivity contribution in [2.75, 3.05) is 32.5 Å². The number of allylic oxidation sites excluding steroid dienone is 2. The van der Waals surface area contributed by atoms with Gasteiger partial charge in [0.25, 0.3) is 0 Å². The summed E-state index contributed by atoms with van der Waals surface area (Å²) in [6, 6.07) is 13.6. The second-order valence-corrected chi connectivity index (χ2v) is 12.5. The Labute approximate surface area is 264 Å². The molecule has 0 amide bonds. The second-order valence-electron chi connectivity index (χ2n) is 12.5. The first-order valence-corrected chi connectivity index (χ1v) is 15.9. The van der Waals surface area contributed by atoms with Crippen LogP contribution in [0.25, 0.3) is 39.1 Å². The molecule has 1 aliphatic rings. The normalized spacial score (nSPS) is 14.4. The summed E-state index contributed by atoms with van der Waals surface area (Å²) in [5.41, 5.74) is 8.95. The van der Waals surface area contributed by atoms with Crippen LogP contribution < -0.4 is 5.32 Å². The summed E-state index contributed by atoms with van der Waals surface area (Å²) in [7, 11) is 4.02. The van der Waals surface area contributed by atoms with Crippen LogP contribution >= 0.6 is 0 Å². The molecule has 6 rings (SSSR count). The zero-order chi connectivity index (χ0) is 31.3. The maximum absolute atomic E-state index is 14.8. The largest absolute Gasteiger partial charge is 0.384 e. The number of aryl methyl sites for hydroxylation is 1. The summed E-state index contributed by atoms with van der Waals surface area (Å²) in [6.07, 6.45) is 15.3. The molecule has 0 radical (unpaired) electrons. The third-order valence-electron chi connectivity index (χ3n) is 8.69. The average molecular weight is 604 g/mol. The molecule has 1 saturated carbocycles. The van der Waals surface area contributed by atoms with Crippen LogP contribution in [-0.4, -0.2) is 57.2 Å². The van der Waals surface area contributed by atoms with E-state index in [9.17, 15) is 4.39 Å². The molecule has 1 aliphatic carbocycles. The Balaban J connectivity index is 1.31. The zero-order valence-electron chi connectivity index (χ0n) is 26.5. The van der Waals surface area contributed by atoms with Gasteiger partial charge in [-0.05, 0) is 86.4 Å². The van der Waals surface area contributed by atoms with E-state index in [2.05, 4.69) is 61.2 Å². The van der Waals surface area contributed by atoms with Crippen molar-refractivity contribution in [3.63, 3.8) is 0 Å². The Morgan fingerprint density at radius 2 is 1.91 bits per heavy atom. The van der Waals surface area contributed by atoms with Gasteiger partial charge >= 0.3 is 0 Å². The number of benzene rings is 2. The molecule has 8 heteroatoms. The number of H-pyrrole nitrogens is 2. The van der Waals surface area contributed by atoms with Gasteiger partial charge in [0.05, 0.1) is 11.2 Å². The molecule has 3 heterocycles. The van der Waals surface area contributed by atoms with Crippen molar-refractivity contribution >= 4 is 22.2 Å². The molecule has 0 spiro atoms. The molecular weight excluding hydrogens is 561 g/mol. The van der Waals surface area contributed by atoms with Gasteiger partial charge in [-0.2, -0.15) is 5.10 Å². The molecule has 1 fully saturated rings. The summed E-state index contributed by atoms with van der Waals surface area (Å²) in [5, 5.41) is 12.1. The lowest BCUT2D eigenvalue weighted by Crippen LogP contribution is -2.20. The van der Waals surface area contributed by atoms with Gasteiger partial charge in [0.2, 0.25) is 0 Å². The number of nitrogens with zero attached hydrogens (tertiary/aromatic N) is 4. The van der Waals surface area contributed by atoms with Crippen molar-refractivity contribution in [2.24, 2.45) is 5.92 Å². The molecule has 2 aromatic carbocycles. The van der Waals surface area contributed by atoms with E-state index in [4.69, 9.17) is 4.98 Å². The van der Waals surface area contributed by atoms with Crippen LogP contribution in [0.5, 0.6) is 0 Å². The first-order valence-electron chi connectivity index (χ1n) is 15.9. The van der Waals surface area contributed by atoms with Gasteiger partial charge in [-0.15, -0.1) is 0 Å². The maximum Gasteiger partial charge on any atom is 0.159 e. The van der Waals surface area contributed by atoms with Crippen molar-refractivity contribution in [3.8, 4) is 22.6 Å². The number of fused-ring (bicyclic) bond motifs is 1. The number of aromatic amines is 2. The zero-order valence-corrected chi connectivity index (χ0v) is 26.5. The Morgan fingerprint density at radius 1 is 1.07 bits per heavy atom. The predicted molar refractivity (Wildman–Crippen MR) is 183 cm³/mol. The van der Waals surface area contributed by atoms with Crippen molar-refractivity contribution in [3.05, 3.63) is 102 Å². The Kier molecular flexibility index (Phi) is 9.21. The van der Waals surface area contributed by atoms with Gasteiger partial charge in [0.15, 0.2) is 5.82 Å². The third-order valence-corrected chi connectivity index (χ3v) is 8.69. The number of pyridine rings is 1. The minimum atomic E-state index is -0.314. The SMILES string of the molecule is C=C/C=C(/c1cc(F)cc(NCCN(C)C)c1)c1nc(-c2n[nH]c3ccc(-c4cncc(CC5CCCCC5)c4)cc23)[nH]c1C. The van der Waals surface area contributed by atoms with E-state index in [1.807, 2.05) is 45.6 Å². The lowest BCUT2D eigenvalue weighted by molar-refractivity contribution is 0.356. The van der Waals surface area contributed by atoms with E-state index < -0.39 is 0 Å². The standard InChI is InChI=1S/C37H42FN7/c1-5-9-32(28-18-30(38)21-31(19-28)40-14-15-45(3)4)35-24(2)41-37(42-35)36-33-20-27(12-13-34(33)43-44-36)29-17-26(22-39-23-29)16-25-10-7-6-8-11-25/h5,9,12-13,17-23,25,40H,1,6-8,10-11,14-16H2,2-4H3,(H,41,42)(H,43,44)/b32-9-. The van der Waals surface area contributed by atoms with Crippen LogP contribution in [0, 0.1) is 18.7 Å². The molecular formula is C37H42FN7. The summed E-state index contributed by atoms with van der Waals surface area (Å²) in [6.45, 7) is 7.44. The van der Waals surface area contributed by atoms with Crippen LogP contribution in [0.15, 0.2) is 73.6 Å². The lowest BCUT2D eigenvalue weighted by Gasteiger charge is -2.21. The number of nitrogens with one attached hydrogen (secondary N) is 3. The molecule has 0 unspecified atom stereocenters. The predicted octanol–water partition coefficient (Wildman–Crippen LogP) is 8.18. The summed E-state index contributed by atoms with van der Waals surface area (Å²) < 4.78 is 14.8. The average Bonchev–Trinajstić information content (AvgIpc) is 3.63. The number of aromatic nitrogens is 5. The number of halogens is 1. The van der Waals surface area contributed by atoms with Crippen molar-refractivity contribution in [1.29, 1.82) is 0 Å². The molecule has 45 heavy (non-hydrogen) atoms. The van der Waals surface area contributed by atoms with E-state index in [0.29, 0.717) is 12.4 Å². The number of hydrogen-bond acceptors (Lipinski definition) is 5. The number of imidazole rings is 1. The minimum absolute atomic E-state index is 0.314. The fraction of sp³-hybridized carbons (Fsp3) is 0.324. The highest BCUT2D eigenvalue weighted by molar-refractivity contribution is 5.95. The van der Waals surface area contributed by atoms with Gasteiger partial charge in [-0.1, -0.05) is 56.9 Å². The Bertz CT molecular complexity index is 1820. The van der Waals surface area contributed by atoms with Gasteiger partial charge in [0, 0.05) is 53.4 Å². The van der Waals surface area contributed by atoms with Crippen LogP contribution in [0.1, 0.15) is 54.6 Å². The number of likely N-dealkylation sites (N-methyl/N-ethyl adjacent to an activating group) is 1. The second kappa shape index (κ2) is 13.6. The highest BCUT2D eigenvalue weighted by atomic mass is 19.1. The highest BCUT2D eigenvalue weighted by Crippen LogP contribution is 2.34. The fourth-order valence-corrected chi connectivity index (χ4v) is 6.39. The van der Waals surface area contributed by atoms with E-state index in [1.54, 1.807) is 6.08 Å². The van der Waals surface area contributed by atoms with Crippen molar-refractivity contribution in [1.82, 2.24) is 30.0 Å². The Hall–Kier alpha value is -4.56. The molecule has 3 N–H and O–H groups in total. The van der Waals surface area contributed by atoms with Crippen LogP contribution in [0.2, 0.25) is 0 Å². The van der Waals surface area contributed by atoms with Crippen LogP contribution in [0.4, 0.5) is 10.1 Å². The summed E-state index contributed by atoms with van der Waals surface area (Å²) in [4.78, 5) is 15.1. The van der Waals surface area contributed by atoms with Gasteiger partial charge in [-0.25, -0.2) is 9.37 Å². The van der Waals surface area contributed by atoms with Gasteiger partial charge in [-0.3, -0.25) is 10.1 Å². The fourth-order valence-electron chi connectivity index (χ4n) is 6.39. The Morgan fingerprint density at radius 3 is 2.71 bits per heavy atom. The molecule has 3 aromatic heterocycles. The van der Waals surface area contributed by atoms with E-state index in [1.165, 1.54) is 49.8 Å². The quantitative estimate of drug-likeness (QED) is 0.133. The highest BCUT2D eigenvalue weighted by Gasteiger charge is 2.19. The number of anilines is 1. The van der Waals surface area contributed by atoms with Crippen molar-refractivity contribution < 1.29 is 4.39 Å². The van der Waals surface area contributed by atoms with Crippen molar-refractivity contribution in [2.45, 2.75) is 45.4 Å². The number of rotatable bonds is 11. The molecule has 5 aromatic rings. The van der Waals surface area contributed by atoms with E-state index >= 15 is 0 Å². The summed E-state index contributed by atoms with van der Waals surface area (Å²) >= 11 is 0. The lowest BCUT2D eigenvalue weighted by atomic mass is 9.85. The van der Waals surface area contributed by atoms with Crippen LogP contribution in [0.3, 0.4) is 0 Å². The molecule has 7 nitrogen and oxygen atoms in total. The minimum Gasteiger partial charge on any atom is -0.384 e. The van der Waals surface area contributed by atoms with Gasteiger partial charge < -0.3 is 15.2 Å². The summed E-state index contributed by atoms with van der Waals surface area (Å²) in [5.74, 6) is 1.09. The molecule has 0 atom stereocenters. The molecule has 232 valence electrons. The molecule has 0 saturated heterocycles. The maximum atomic E-state index is 14.8. The number of hydrogen-bond donors (Lipinski definition) is 3. The molecule has 0 bridgehead atoms. The topological polar surface area (TPSA) is 85.5 Å². The van der Waals surface area contributed by atoms with Crippen LogP contribution in [-0.2, 0) is 6.42 Å². The monoisotopic (exact) mass is 603 g/mol.